The third-order valence-corrected chi connectivity index (χ3v) is 5.55. The molecule has 0 spiro atoms. The van der Waals surface area contributed by atoms with E-state index >= 15 is 0 Å². The number of carbonyl (C=O) groups is 3. The molecule has 0 bridgehead atoms. The summed E-state index contributed by atoms with van der Waals surface area (Å²) in [5.74, 6) is -1.09. The smallest absolute Gasteiger partial charge is 0.344 e. The van der Waals surface area contributed by atoms with Gasteiger partial charge < -0.3 is 9.73 Å². The van der Waals surface area contributed by atoms with Crippen LogP contribution in [0.1, 0.15) is 18.9 Å². The summed E-state index contributed by atoms with van der Waals surface area (Å²) in [4.78, 5) is 42.0. The number of thioether (sulfide) groups is 1. The van der Waals surface area contributed by atoms with E-state index in [1.54, 1.807) is 37.3 Å². The van der Waals surface area contributed by atoms with E-state index in [9.17, 15) is 14.4 Å². The molecule has 1 aromatic heterocycles. The summed E-state index contributed by atoms with van der Waals surface area (Å²) < 4.78 is 5.55. The Balaban J connectivity index is 1.44. The lowest BCUT2D eigenvalue weighted by Gasteiger charge is -2.25. The second-order valence-corrected chi connectivity index (χ2v) is 7.39. The van der Waals surface area contributed by atoms with Gasteiger partial charge in [0.15, 0.2) is 5.58 Å². The van der Waals surface area contributed by atoms with Crippen molar-refractivity contribution >= 4 is 40.7 Å². The van der Waals surface area contributed by atoms with Gasteiger partial charge in [-0.15, -0.1) is 0 Å². The molecule has 148 valence electrons. The van der Waals surface area contributed by atoms with Crippen LogP contribution >= 0.6 is 11.8 Å². The Morgan fingerprint density at radius 1 is 1.17 bits per heavy atom. The van der Waals surface area contributed by atoms with E-state index in [-0.39, 0.29) is 5.75 Å². The molecule has 0 aliphatic carbocycles. The summed E-state index contributed by atoms with van der Waals surface area (Å²) in [5, 5.41) is 3.80. The molecule has 0 saturated carbocycles. The van der Waals surface area contributed by atoms with Gasteiger partial charge in [0.1, 0.15) is 11.1 Å². The van der Waals surface area contributed by atoms with Crippen LogP contribution in [-0.2, 0) is 15.1 Å². The van der Waals surface area contributed by atoms with Crippen LogP contribution in [-0.4, -0.2) is 33.6 Å². The molecule has 2 aromatic carbocycles. The Morgan fingerprint density at radius 2 is 1.90 bits per heavy atom. The average Bonchev–Trinajstić information content (AvgIpc) is 3.27. The lowest BCUT2D eigenvalue weighted by atomic mass is 9.87. The van der Waals surface area contributed by atoms with Gasteiger partial charge >= 0.3 is 6.03 Å². The second-order valence-electron chi connectivity index (χ2n) is 6.47. The quantitative estimate of drug-likeness (QED) is 0.478. The first-order valence-electron chi connectivity index (χ1n) is 9.03. The van der Waals surface area contributed by atoms with Crippen LogP contribution < -0.4 is 10.7 Å². The first kappa shape index (κ1) is 19.0. The normalized spacial score (nSPS) is 18.9. The Bertz CT molecular complexity index is 1050. The fourth-order valence-electron chi connectivity index (χ4n) is 3.24. The van der Waals surface area contributed by atoms with Crippen molar-refractivity contribution in [2.45, 2.75) is 24.1 Å². The molecule has 1 saturated heterocycles. The average molecular weight is 410 g/mol. The number of rotatable bonds is 6. The lowest BCUT2D eigenvalue weighted by molar-refractivity contribution is -0.138. The number of oxazole rings is 1. The number of hydrogen-bond donors (Lipinski definition) is 2. The molecule has 2 heterocycles. The Hall–Kier alpha value is -3.33. The summed E-state index contributed by atoms with van der Waals surface area (Å²) in [5.41, 5.74) is 3.17. The van der Waals surface area contributed by atoms with Gasteiger partial charge in [-0.05, 0) is 24.1 Å². The summed E-state index contributed by atoms with van der Waals surface area (Å²) in [6, 6.07) is 15.6. The standard InChI is InChI=1S/C20H18N4O4S/c1-2-20(13-8-4-3-5-9-13)17(26)24(18(27)22-20)23-16(25)12-29-19-21-14-10-6-7-11-15(14)28-19/h3-11H,2,12H2,1H3,(H,22,27)(H,23,25)/t20-/m1/s1. The van der Waals surface area contributed by atoms with E-state index in [0.29, 0.717) is 28.3 Å². The number of amides is 4. The number of benzene rings is 2. The monoisotopic (exact) mass is 410 g/mol. The maximum atomic E-state index is 13.0. The van der Waals surface area contributed by atoms with E-state index < -0.39 is 23.4 Å². The van der Waals surface area contributed by atoms with Gasteiger partial charge in [0.05, 0.1) is 5.75 Å². The predicted octanol–water partition coefficient (Wildman–Crippen LogP) is 2.81. The third kappa shape index (κ3) is 3.44. The molecule has 3 aromatic rings. The fraction of sp³-hybridized carbons (Fsp3) is 0.200. The summed E-state index contributed by atoms with van der Waals surface area (Å²) >= 11 is 1.08. The van der Waals surface area contributed by atoms with Crippen molar-refractivity contribution in [1.82, 2.24) is 20.7 Å². The zero-order chi connectivity index (χ0) is 20.4. The third-order valence-electron chi connectivity index (χ3n) is 4.73. The van der Waals surface area contributed by atoms with E-state index in [2.05, 4.69) is 15.7 Å². The van der Waals surface area contributed by atoms with E-state index in [4.69, 9.17) is 4.42 Å². The highest BCUT2D eigenvalue weighted by Gasteiger charge is 2.52. The number of hydrazine groups is 1. The molecule has 2 N–H and O–H groups in total. The molecule has 9 heteroatoms. The van der Waals surface area contributed by atoms with Crippen molar-refractivity contribution in [3.63, 3.8) is 0 Å². The molecule has 0 radical (unpaired) electrons. The molecule has 1 atom stereocenters. The molecule has 29 heavy (non-hydrogen) atoms. The zero-order valence-corrected chi connectivity index (χ0v) is 16.4. The van der Waals surface area contributed by atoms with Crippen molar-refractivity contribution < 1.29 is 18.8 Å². The van der Waals surface area contributed by atoms with E-state index in [1.807, 2.05) is 24.3 Å². The molecule has 4 rings (SSSR count). The maximum Gasteiger partial charge on any atom is 0.344 e. The van der Waals surface area contributed by atoms with Crippen molar-refractivity contribution in [3.05, 3.63) is 60.2 Å². The van der Waals surface area contributed by atoms with Crippen LogP contribution in [0.25, 0.3) is 11.1 Å². The number of carbonyl (C=O) groups excluding carboxylic acids is 3. The molecule has 0 unspecified atom stereocenters. The predicted molar refractivity (Wildman–Crippen MR) is 107 cm³/mol. The van der Waals surface area contributed by atoms with Gasteiger partial charge in [-0.25, -0.2) is 9.78 Å². The highest BCUT2D eigenvalue weighted by molar-refractivity contribution is 7.99. The van der Waals surface area contributed by atoms with Gasteiger partial charge in [-0.2, -0.15) is 5.01 Å². The summed E-state index contributed by atoms with van der Waals surface area (Å²) in [6.45, 7) is 1.81. The number of fused-ring (bicyclic) bond motifs is 1. The van der Waals surface area contributed by atoms with Crippen LogP contribution in [0.15, 0.2) is 64.2 Å². The Labute approximate surface area is 170 Å². The Morgan fingerprint density at radius 3 is 2.62 bits per heavy atom. The van der Waals surface area contributed by atoms with E-state index in [1.165, 1.54) is 0 Å². The lowest BCUT2D eigenvalue weighted by Crippen LogP contribution is -2.49. The number of imide groups is 1. The van der Waals surface area contributed by atoms with Crippen LogP contribution in [0.3, 0.4) is 0 Å². The summed E-state index contributed by atoms with van der Waals surface area (Å²) in [6.07, 6.45) is 0.353. The molecule has 4 amide bonds. The number of para-hydroxylation sites is 2. The largest absolute Gasteiger partial charge is 0.431 e. The zero-order valence-electron chi connectivity index (χ0n) is 15.5. The number of nitrogens with one attached hydrogen (secondary N) is 2. The van der Waals surface area contributed by atoms with Crippen molar-refractivity contribution in [1.29, 1.82) is 0 Å². The van der Waals surface area contributed by atoms with Crippen molar-refractivity contribution in [2.75, 3.05) is 5.75 Å². The van der Waals surface area contributed by atoms with Crippen molar-refractivity contribution in [2.24, 2.45) is 0 Å². The molecular formula is C20H18N4O4S. The van der Waals surface area contributed by atoms with Gasteiger partial charge in [0.2, 0.25) is 5.91 Å². The number of urea groups is 1. The first-order chi connectivity index (χ1) is 14.0. The molecule has 1 aliphatic rings. The molecule has 1 aliphatic heterocycles. The highest BCUT2D eigenvalue weighted by atomic mass is 32.2. The van der Waals surface area contributed by atoms with Crippen LogP contribution in [0.5, 0.6) is 0 Å². The summed E-state index contributed by atoms with van der Waals surface area (Å²) in [7, 11) is 0. The minimum atomic E-state index is -1.20. The molecular weight excluding hydrogens is 392 g/mol. The van der Waals surface area contributed by atoms with Crippen LogP contribution in [0.2, 0.25) is 0 Å². The number of aromatic nitrogens is 1. The van der Waals surface area contributed by atoms with Gasteiger partial charge in [0, 0.05) is 0 Å². The number of hydrogen-bond acceptors (Lipinski definition) is 6. The highest BCUT2D eigenvalue weighted by Crippen LogP contribution is 2.31. The van der Waals surface area contributed by atoms with E-state index in [0.717, 1.165) is 16.8 Å². The number of nitrogens with zero attached hydrogens (tertiary/aromatic N) is 2. The van der Waals surface area contributed by atoms with Gasteiger partial charge in [-0.1, -0.05) is 61.2 Å². The minimum absolute atomic E-state index is 0.0612. The van der Waals surface area contributed by atoms with Crippen LogP contribution in [0, 0.1) is 0 Å². The van der Waals surface area contributed by atoms with Crippen molar-refractivity contribution in [3.8, 4) is 0 Å². The molecule has 1 fully saturated rings. The van der Waals surface area contributed by atoms with Crippen LogP contribution in [0.4, 0.5) is 4.79 Å². The SMILES string of the molecule is CC[C@]1(c2ccccc2)NC(=O)N(NC(=O)CSc2nc3ccccc3o2)C1=O. The Kier molecular flexibility index (Phi) is 4.98. The minimum Gasteiger partial charge on any atom is -0.431 e. The van der Waals surface area contributed by atoms with Gasteiger partial charge in [0.25, 0.3) is 11.1 Å². The fourth-order valence-corrected chi connectivity index (χ4v) is 3.87. The first-order valence-corrected chi connectivity index (χ1v) is 10.0. The second kappa shape index (κ2) is 7.59. The topological polar surface area (TPSA) is 105 Å². The maximum absolute atomic E-state index is 13.0. The molecule has 8 nitrogen and oxygen atoms in total. The van der Waals surface area contributed by atoms with Gasteiger partial charge in [-0.3, -0.25) is 15.0 Å².